The molecular formula is C21H19N5O2. The number of fused-ring (bicyclic) bond motifs is 1. The number of nitrogens with zero attached hydrogens (tertiary/aromatic N) is 2. The maximum absolute atomic E-state index is 12.1. The Bertz CT molecular complexity index is 1140. The number of nitrogens with two attached hydrogens (primary N) is 1. The number of primary amides is 1. The van der Waals surface area contributed by atoms with Crippen LogP contribution in [0.3, 0.4) is 0 Å². The van der Waals surface area contributed by atoms with Crippen LogP contribution in [-0.2, 0) is 0 Å². The second-order valence-electron chi connectivity index (χ2n) is 6.87. The SMILES string of the molecule is NC(=O)c1c(-c2ccc(Oc3ccccc3)cc2)[nH]c2c(C3CNC3)cnn12. The number of aromatic amines is 1. The van der Waals surface area contributed by atoms with Gasteiger partial charge in [-0.15, -0.1) is 0 Å². The molecule has 1 saturated heterocycles. The highest BCUT2D eigenvalue weighted by Crippen LogP contribution is 2.31. The number of para-hydroxylation sites is 1. The fourth-order valence-electron chi connectivity index (χ4n) is 3.50. The van der Waals surface area contributed by atoms with Gasteiger partial charge in [-0.1, -0.05) is 18.2 Å². The Kier molecular flexibility index (Phi) is 3.87. The van der Waals surface area contributed by atoms with Crippen LogP contribution in [0, 0.1) is 0 Å². The zero-order valence-electron chi connectivity index (χ0n) is 15.1. The van der Waals surface area contributed by atoms with E-state index < -0.39 is 5.91 Å². The van der Waals surface area contributed by atoms with Crippen LogP contribution in [0.2, 0.25) is 0 Å². The van der Waals surface area contributed by atoms with Gasteiger partial charge in [0.1, 0.15) is 17.1 Å². The van der Waals surface area contributed by atoms with Crippen LogP contribution < -0.4 is 15.8 Å². The normalized spacial score (nSPS) is 14.1. The summed E-state index contributed by atoms with van der Waals surface area (Å²) >= 11 is 0. The molecule has 0 saturated carbocycles. The summed E-state index contributed by atoms with van der Waals surface area (Å²) in [5.74, 6) is 1.36. The minimum atomic E-state index is -0.521. The lowest BCUT2D eigenvalue weighted by Gasteiger charge is -2.25. The van der Waals surface area contributed by atoms with Gasteiger partial charge in [-0.2, -0.15) is 5.10 Å². The molecule has 0 atom stereocenters. The van der Waals surface area contributed by atoms with Crippen LogP contribution in [0.1, 0.15) is 22.0 Å². The number of aromatic nitrogens is 3. The Morgan fingerprint density at radius 1 is 1.07 bits per heavy atom. The second kappa shape index (κ2) is 6.54. The smallest absolute Gasteiger partial charge is 0.269 e. The van der Waals surface area contributed by atoms with Gasteiger partial charge in [-0.05, 0) is 36.4 Å². The molecule has 0 unspecified atom stereocenters. The lowest BCUT2D eigenvalue weighted by atomic mass is 9.96. The highest BCUT2D eigenvalue weighted by Gasteiger charge is 2.27. The first-order valence-electron chi connectivity index (χ1n) is 9.14. The van der Waals surface area contributed by atoms with E-state index >= 15 is 0 Å². The van der Waals surface area contributed by atoms with Gasteiger partial charge in [-0.25, -0.2) is 4.52 Å². The predicted octanol–water partition coefficient (Wildman–Crippen LogP) is 2.91. The topological polar surface area (TPSA) is 97.4 Å². The average Bonchev–Trinajstić information content (AvgIpc) is 3.22. The molecule has 0 bridgehead atoms. The summed E-state index contributed by atoms with van der Waals surface area (Å²) in [6.07, 6.45) is 1.81. The summed E-state index contributed by atoms with van der Waals surface area (Å²) in [5, 5.41) is 7.65. The number of carbonyl (C=O) groups is 1. The summed E-state index contributed by atoms with van der Waals surface area (Å²) in [6.45, 7) is 1.82. The highest BCUT2D eigenvalue weighted by molar-refractivity contribution is 5.98. The van der Waals surface area contributed by atoms with Crippen molar-refractivity contribution in [2.75, 3.05) is 13.1 Å². The molecular weight excluding hydrogens is 354 g/mol. The number of rotatable bonds is 5. The van der Waals surface area contributed by atoms with Gasteiger partial charge in [0, 0.05) is 30.1 Å². The first-order chi connectivity index (χ1) is 13.7. The molecule has 1 amide bonds. The number of H-pyrrole nitrogens is 1. The van der Waals surface area contributed by atoms with Crippen molar-refractivity contribution < 1.29 is 9.53 Å². The Balaban J connectivity index is 1.52. The number of carbonyl (C=O) groups excluding carboxylic acids is 1. The van der Waals surface area contributed by atoms with E-state index in [2.05, 4.69) is 15.4 Å². The van der Waals surface area contributed by atoms with E-state index in [-0.39, 0.29) is 0 Å². The molecule has 1 fully saturated rings. The molecule has 3 heterocycles. The molecule has 7 nitrogen and oxygen atoms in total. The van der Waals surface area contributed by atoms with Crippen LogP contribution in [-0.4, -0.2) is 33.6 Å². The quantitative estimate of drug-likeness (QED) is 0.501. The highest BCUT2D eigenvalue weighted by atomic mass is 16.5. The van der Waals surface area contributed by atoms with Gasteiger partial charge in [0.25, 0.3) is 5.91 Å². The molecule has 1 aliphatic heterocycles. The molecule has 4 N–H and O–H groups in total. The summed E-state index contributed by atoms with van der Waals surface area (Å²) in [4.78, 5) is 15.5. The van der Waals surface area contributed by atoms with Crippen molar-refractivity contribution >= 4 is 11.6 Å². The van der Waals surface area contributed by atoms with E-state index in [0.717, 1.165) is 35.6 Å². The molecule has 1 aliphatic rings. The molecule has 4 aromatic rings. The zero-order chi connectivity index (χ0) is 19.1. The molecule has 0 spiro atoms. The lowest BCUT2D eigenvalue weighted by Crippen LogP contribution is -2.39. The standard InChI is InChI=1S/C21H19N5O2/c22-20(27)19-18(25-21-17(12-24-26(19)21)14-10-23-11-14)13-6-8-16(9-7-13)28-15-4-2-1-3-5-15/h1-9,12,14,23,25H,10-11H2,(H2,22,27). The van der Waals surface area contributed by atoms with Crippen LogP contribution >= 0.6 is 0 Å². The third kappa shape index (κ3) is 2.73. The van der Waals surface area contributed by atoms with Gasteiger partial charge >= 0.3 is 0 Å². The van der Waals surface area contributed by atoms with Crippen molar-refractivity contribution in [3.05, 3.63) is 72.1 Å². The van der Waals surface area contributed by atoms with Crippen molar-refractivity contribution in [1.82, 2.24) is 19.9 Å². The van der Waals surface area contributed by atoms with Crippen LogP contribution in [0.5, 0.6) is 11.5 Å². The largest absolute Gasteiger partial charge is 0.457 e. The van der Waals surface area contributed by atoms with Crippen molar-refractivity contribution in [3.63, 3.8) is 0 Å². The predicted molar refractivity (Wildman–Crippen MR) is 106 cm³/mol. The third-order valence-corrected chi connectivity index (χ3v) is 5.07. The van der Waals surface area contributed by atoms with Crippen molar-refractivity contribution in [3.8, 4) is 22.8 Å². The molecule has 0 aliphatic carbocycles. The number of ether oxygens (including phenoxy) is 1. The molecule has 5 rings (SSSR count). The summed E-state index contributed by atoms with van der Waals surface area (Å²) in [6, 6.07) is 17.1. The van der Waals surface area contributed by atoms with E-state index in [4.69, 9.17) is 10.5 Å². The summed E-state index contributed by atoms with van der Waals surface area (Å²) in [5.41, 5.74) is 9.44. The molecule has 2 aromatic carbocycles. The number of benzene rings is 2. The molecule has 28 heavy (non-hydrogen) atoms. The monoisotopic (exact) mass is 373 g/mol. The fraction of sp³-hybridized carbons (Fsp3) is 0.143. The number of hydrogen-bond acceptors (Lipinski definition) is 4. The summed E-state index contributed by atoms with van der Waals surface area (Å²) in [7, 11) is 0. The molecule has 0 radical (unpaired) electrons. The zero-order valence-corrected chi connectivity index (χ0v) is 15.1. The number of hydrogen-bond donors (Lipinski definition) is 3. The summed E-state index contributed by atoms with van der Waals surface area (Å²) < 4.78 is 7.45. The Morgan fingerprint density at radius 2 is 1.79 bits per heavy atom. The minimum absolute atomic E-state index is 0.352. The van der Waals surface area contributed by atoms with E-state index in [1.165, 1.54) is 0 Å². The Hall–Kier alpha value is -3.58. The van der Waals surface area contributed by atoms with E-state index in [0.29, 0.717) is 23.1 Å². The van der Waals surface area contributed by atoms with Gasteiger partial charge in [0.05, 0.1) is 11.9 Å². The molecule has 2 aromatic heterocycles. The maximum atomic E-state index is 12.1. The number of amides is 1. The second-order valence-corrected chi connectivity index (χ2v) is 6.87. The van der Waals surface area contributed by atoms with E-state index in [9.17, 15) is 4.79 Å². The Morgan fingerprint density at radius 3 is 2.43 bits per heavy atom. The number of nitrogens with one attached hydrogen (secondary N) is 2. The van der Waals surface area contributed by atoms with Gasteiger partial charge < -0.3 is 20.8 Å². The van der Waals surface area contributed by atoms with E-state index in [1.54, 1.807) is 4.52 Å². The molecule has 7 heteroatoms. The van der Waals surface area contributed by atoms with Crippen molar-refractivity contribution in [2.24, 2.45) is 5.73 Å². The van der Waals surface area contributed by atoms with Gasteiger partial charge in [0.15, 0.2) is 5.69 Å². The molecule has 140 valence electrons. The van der Waals surface area contributed by atoms with Crippen LogP contribution in [0.4, 0.5) is 0 Å². The average molecular weight is 373 g/mol. The van der Waals surface area contributed by atoms with Gasteiger partial charge in [0.2, 0.25) is 0 Å². The van der Waals surface area contributed by atoms with Crippen molar-refractivity contribution in [1.29, 1.82) is 0 Å². The van der Waals surface area contributed by atoms with Crippen molar-refractivity contribution in [2.45, 2.75) is 5.92 Å². The maximum Gasteiger partial charge on any atom is 0.269 e. The van der Waals surface area contributed by atoms with Crippen LogP contribution in [0.25, 0.3) is 16.9 Å². The lowest BCUT2D eigenvalue weighted by molar-refractivity contribution is 0.0994. The minimum Gasteiger partial charge on any atom is -0.457 e. The Labute approximate surface area is 161 Å². The van der Waals surface area contributed by atoms with Crippen LogP contribution in [0.15, 0.2) is 60.8 Å². The third-order valence-electron chi connectivity index (χ3n) is 5.07. The van der Waals surface area contributed by atoms with Gasteiger partial charge in [-0.3, -0.25) is 4.79 Å². The first-order valence-corrected chi connectivity index (χ1v) is 9.14. The first kappa shape index (κ1) is 16.6. The number of imidazole rings is 1. The fourth-order valence-corrected chi connectivity index (χ4v) is 3.50. The van der Waals surface area contributed by atoms with E-state index in [1.807, 2.05) is 60.8 Å².